The van der Waals surface area contributed by atoms with Crippen LogP contribution < -0.4 is 18.9 Å². The Bertz CT molecular complexity index is 1000. The normalized spacial score (nSPS) is 11.3. The van der Waals surface area contributed by atoms with Crippen molar-refractivity contribution in [1.29, 1.82) is 0 Å². The molecule has 3 aromatic rings. The van der Waals surface area contributed by atoms with Crippen molar-refractivity contribution < 1.29 is 17.9 Å². The first-order valence-electron chi connectivity index (χ1n) is 7.36. The topological polar surface area (TPSA) is 94.7 Å². The molecule has 2 N–H and O–H groups in total. The van der Waals surface area contributed by atoms with Crippen LogP contribution in [0.25, 0.3) is 10.9 Å². The number of anilines is 1. The van der Waals surface area contributed by atoms with Gasteiger partial charge in [-0.2, -0.15) is 8.42 Å². The number of aromatic nitrogens is 1. The Balaban J connectivity index is 1.89. The van der Waals surface area contributed by atoms with Crippen LogP contribution in [0.5, 0.6) is 17.2 Å². The Kier molecular flexibility index (Phi) is 4.47. The standard InChI is InChI=1S/C17H17N3O4S/c1-20(25(18,21)22)12-3-5-13(6-4-12)24-17-9-10-19-16-11-14(23-2)7-8-15(16)17/h3-11H,1-2H3,(H2,18,21,22). The van der Waals surface area contributed by atoms with Crippen LogP contribution in [-0.4, -0.2) is 27.6 Å². The van der Waals surface area contributed by atoms with Gasteiger partial charge in [-0.3, -0.25) is 9.29 Å². The maximum absolute atomic E-state index is 11.4. The molecule has 0 saturated carbocycles. The molecule has 0 aliphatic rings. The predicted molar refractivity (Wildman–Crippen MR) is 96.3 cm³/mol. The molecule has 0 saturated heterocycles. The van der Waals surface area contributed by atoms with E-state index in [4.69, 9.17) is 14.6 Å². The van der Waals surface area contributed by atoms with Crippen molar-refractivity contribution >= 4 is 26.8 Å². The molecular weight excluding hydrogens is 342 g/mol. The fourth-order valence-electron chi connectivity index (χ4n) is 2.32. The van der Waals surface area contributed by atoms with Gasteiger partial charge in [0.15, 0.2) is 0 Å². The van der Waals surface area contributed by atoms with Gasteiger partial charge in [0.1, 0.15) is 17.2 Å². The predicted octanol–water partition coefficient (Wildman–Crippen LogP) is 2.68. The fourth-order valence-corrected chi connectivity index (χ4v) is 2.73. The van der Waals surface area contributed by atoms with E-state index in [2.05, 4.69) is 4.98 Å². The minimum atomic E-state index is -3.79. The summed E-state index contributed by atoms with van der Waals surface area (Å²) in [4.78, 5) is 4.31. The third-order valence-corrected chi connectivity index (χ3v) is 4.69. The molecule has 0 bridgehead atoms. The van der Waals surface area contributed by atoms with Gasteiger partial charge in [-0.25, -0.2) is 5.14 Å². The molecule has 7 nitrogen and oxygen atoms in total. The van der Waals surface area contributed by atoms with E-state index in [1.807, 2.05) is 18.2 Å². The average molecular weight is 359 g/mol. The Hall–Kier alpha value is -2.84. The average Bonchev–Trinajstić information content (AvgIpc) is 2.60. The molecule has 0 atom stereocenters. The van der Waals surface area contributed by atoms with E-state index >= 15 is 0 Å². The number of hydrogen-bond acceptors (Lipinski definition) is 5. The highest BCUT2D eigenvalue weighted by molar-refractivity contribution is 7.90. The van der Waals surface area contributed by atoms with Crippen molar-refractivity contribution in [2.24, 2.45) is 5.14 Å². The van der Waals surface area contributed by atoms with E-state index in [-0.39, 0.29) is 0 Å². The van der Waals surface area contributed by atoms with Crippen molar-refractivity contribution in [3.05, 3.63) is 54.7 Å². The molecule has 8 heteroatoms. The second-order valence-electron chi connectivity index (χ2n) is 5.30. The molecule has 2 aromatic carbocycles. The second-order valence-corrected chi connectivity index (χ2v) is 6.88. The molecule has 0 unspecified atom stereocenters. The lowest BCUT2D eigenvalue weighted by molar-refractivity contribution is 0.415. The van der Waals surface area contributed by atoms with Gasteiger partial charge < -0.3 is 9.47 Å². The number of ether oxygens (including phenoxy) is 2. The van der Waals surface area contributed by atoms with Gasteiger partial charge in [0.05, 0.1) is 18.3 Å². The van der Waals surface area contributed by atoms with Crippen molar-refractivity contribution in [2.75, 3.05) is 18.5 Å². The maximum atomic E-state index is 11.4. The first kappa shape index (κ1) is 17.0. The Morgan fingerprint density at radius 2 is 1.72 bits per heavy atom. The first-order valence-corrected chi connectivity index (χ1v) is 8.86. The summed E-state index contributed by atoms with van der Waals surface area (Å²) in [7, 11) is -0.808. The summed E-state index contributed by atoms with van der Waals surface area (Å²) in [6.45, 7) is 0. The minimum absolute atomic E-state index is 0.444. The molecule has 0 radical (unpaired) electrons. The molecule has 1 aromatic heterocycles. The van der Waals surface area contributed by atoms with Gasteiger partial charge in [0.2, 0.25) is 0 Å². The molecule has 0 amide bonds. The number of fused-ring (bicyclic) bond motifs is 1. The molecule has 0 aliphatic carbocycles. The van der Waals surface area contributed by atoms with E-state index in [1.54, 1.807) is 43.6 Å². The maximum Gasteiger partial charge on any atom is 0.298 e. The summed E-state index contributed by atoms with van der Waals surface area (Å²) in [6.07, 6.45) is 1.65. The largest absolute Gasteiger partial charge is 0.497 e. The van der Waals surface area contributed by atoms with Crippen LogP contribution in [0, 0.1) is 0 Å². The number of nitrogens with zero attached hydrogens (tertiary/aromatic N) is 2. The van der Waals surface area contributed by atoms with Crippen LogP contribution in [0.4, 0.5) is 5.69 Å². The summed E-state index contributed by atoms with van der Waals surface area (Å²) >= 11 is 0. The Morgan fingerprint density at radius 1 is 1.04 bits per heavy atom. The lowest BCUT2D eigenvalue weighted by Crippen LogP contribution is -2.32. The summed E-state index contributed by atoms with van der Waals surface area (Å²) in [6, 6.07) is 13.9. The van der Waals surface area contributed by atoms with Gasteiger partial charge in [-0.1, -0.05) is 0 Å². The van der Waals surface area contributed by atoms with Crippen molar-refractivity contribution in [3.8, 4) is 17.2 Å². The van der Waals surface area contributed by atoms with Crippen LogP contribution in [0.3, 0.4) is 0 Å². The van der Waals surface area contributed by atoms with Gasteiger partial charge >= 0.3 is 0 Å². The summed E-state index contributed by atoms with van der Waals surface area (Å²) in [5.41, 5.74) is 1.20. The van der Waals surface area contributed by atoms with Crippen molar-refractivity contribution in [2.45, 2.75) is 0 Å². The Labute approximate surface area is 145 Å². The molecule has 25 heavy (non-hydrogen) atoms. The summed E-state index contributed by atoms with van der Waals surface area (Å²) < 4.78 is 34.8. The van der Waals surface area contributed by atoms with Crippen LogP contribution >= 0.6 is 0 Å². The third kappa shape index (κ3) is 3.65. The number of methoxy groups -OCH3 is 1. The highest BCUT2D eigenvalue weighted by Crippen LogP contribution is 2.31. The number of rotatable bonds is 5. The zero-order valence-electron chi connectivity index (χ0n) is 13.7. The molecule has 0 aliphatic heterocycles. The quantitative estimate of drug-likeness (QED) is 0.756. The molecule has 130 valence electrons. The SMILES string of the molecule is COc1ccc2c(Oc3ccc(N(C)S(N)(=O)=O)cc3)ccnc2c1. The van der Waals surface area contributed by atoms with Crippen LogP contribution in [-0.2, 0) is 10.2 Å². The zero-order chi connectivity index (χ0) is 18.0. The number of hydrogen-bond donors (Lipinski definition) is 1. The minimum Gasteiger partial charge on any atom is -0.497 e. The van der Waals surface area contributed by atoms with Crippen LogP contribution in [0.2, 0.25) is 0 Å². The monoisotopic (exact) mass is 359 g/mol. The van der Waals surface area contributed by atoms with Gasteiger partial charge in [-0.15, -0.1) is 0 Å². The van der Waals surface area contributed by atoms with Crippen LogP contribution in [0.15, 0.2) is 54.7 Å². The van der Waals surface area contributed by atoms with E-state index in [9.17, 15) is 8.42 Å². The number of nitrogens with two attached hydrogens (primary N) is 1. The Morgan fingerprint density at radius 3 is 2.36 bits per heavy atom. The second kappa shape index (κ2) is 6.58. The fraction of sp³-hybridized carbons (Fsp3) is 0.118. The van der Waals surface area contributed by atoms with Gasteiger partial charge in [0, 0.05) is 24.7 Å². The van der Waals surface area contributed by atoms with Gasteiger partial charge in [0.25, 0.3) is 10.2 Å². The molecule has 0 fully saturated rings. The molecule has 0 spiro atoms. The van der Waals surface area contributed by atoms with Crippen LogP contribution in [0.1, 0.15) is 0 Å². The zero-order valence-corrected chi connectivity index (χ0v) is 14.5. The summed E-state index contributed by atoms with van der Waals surface area (Å²) in [5.74, 6) is 1.92. The lowest BCUT2D eigenvalue weighted by Gasteiger charge is -2.16. The van der Waals surface area contributed by atoms with E-state index in [0.717, 1.165) is 15.2 Å². The first-order chi connectivity index (χ1) is 11.9. The molecular formula is C17H17N3O4S. The number of benzene rings is 2. The lowest BCUT2D eigenvalue weighted by atomic mass is 10.2. The van der Waals surface area contributed by atoms with E-state index in [1.165, 1.54) is 7.05 Å². The highest BCUT2D eigenvalue weighted by atomic mass is 32.2. The molecule has 3 rings (SSSR count). The van der Waals surface area contributed by atoms with E-state index < -0.39 is 10.2 Å². The van der Waals surface area contributed by atoms with E-state index in [0.29, 0.717) is 22.9 Å². The van der Waals surface area contributed by atoms with Crippen molar-refractivity contribution in [1.82, 2.24) is 4.98 Å². The number of pyridine rings is 1. The van der Waals surface area contributed by atoms with Gasteiger partial charge in [-0.05, 0) is 42.5 Å². The van der Waals surface area contributed by atoms with Crippen molar-refractivity contribution in [3.63, 3.8) is 0 Å². The highest BCUT2D eigenvalue weighted by Gasteiger charge is 2.12. The molecule has 1 heterocycles. The smallest absolute Gasteiger partial charge is 0.298 e. The third-order valence-electron chi connectivity index (χ3n) is 3.72. The summed E-state index contributed by atoms with van der Waals surface area (Å²) in [5, 5.41) is 5.95.